The first kappa shape index (κ1) is 22.0. The third-order valence-electron chi connectivity index (χ3n) is 6.50. The summed E-state index contributed by atoms with van der Waals surface area (Å²) in [5, 5.41) is 0. The van der Waals surface area contributed by atoms with E-state index in [0.717, 1.165) is 49.7 Å². The minimum absolute atomic E-state index is 0.00606. The molecule has 0 bridgehead atoms. The Hall–Kier alpha value is -1.72. The van der Waals surface area contributed by atoms with Gasteiger partial charge in [-0.05, 0) is 57.9 Å². The minimum atomic E-state index is -0.473. The van der Waals surface area contributed by atoms with Gasteiger partial charge in [-0.2, -0.15) is 0 Å². The molecule has 6 unspecified atom stereocenters. The van der Waals surface area contributed by atoms with E-state index in [1.54, 1.807) is 19.3 Å². The van der Waals surface area contributed by atoms with Crippen molar-refractivity contribution in [3.05, 3.63) is 36.0 Å². The lowest BCUT2D eigenvalue weighted by Gasteiger charge is -2.43. The second kappa shape index (κ2) is 9.86. The van der Waals surface area contributed by atoms with Gasteiger partial charge in [-0.25, -0.2) is 4.79 Å². The lowest BCUT2D eigenvalue weighted by Crippen LogP contribution is -2.50. The third-order valence-corrected chi connectivity index (χ3v) is 6.50. The normalized spacial score (nSPS) is 35.0. The maximum absolute atomic E-state index is 13.3. The van der Waals surface area contributed by atoms with E-state index in [4.69, 9.17) is 14.2 Å². The number of ketones is 1. The van der Waals surface area contributed by atoms with Crippen molar-refractivity contribution in [3.63, 3.8) is 0 Å². The highest BCUT2D eigenvalue weighted by molar-refractivity contribution is 5.93. The molecule has 3 aliphatic rings. The zero-order chi connectivity index (χ0) is 21.0. The number of carbonyl (C=O) groups excluding carboxylic acids is 2. The summed E-state index contributed by atoms with van der Waals surface area (Å²) in [5.74, 6) is -0.400. The highest BCUT2D eigenvalue weighted by atomic mass is 16.5. The van der Waals surface area contributed by atoms with Crippen molar-refractivity contribution in [1.29, 1.82) is 0 Å². The predicted molar refractivity (Wildman–Crippen MR) is 111 cm³/mol. The molecule has 2 saturated carbocycles. The molecule has 5 nitrogen and oxygen atoms in total. The van der Waals surface area contributed by atoms with Crippen molar-refractivity contribution < 1.29 is 23.8 Å². The molecule has 160 valence electrons. The minimum Gasteiger partial charge on any atom is -0.458 e. The lowest BCUT2D eigenvalue weighted by atomic mass is 9.71. The van der Waals surface area contributed by atoms with Crippen LogP contribution in [-0.4, -0.2) is 43.8 Å². The van der Waals surface area contributed by atoms with E-state index >= 15 is 0 Å². The van der Waals surface area contributed by atoms with E-state index < -0.39 is 12.0 Å². The van der Waals surface area contributed by atoms with Crippen molar-refractivity contribution in [2.45, 2.75) is 70.7 Å². The van der Waals surface area contributed by atoms with Crippen LogP contribution in [-0.2, 0) is 23.8 Å². The van der Waals surface area contributed by atoms with E-state index in [-0.39, 0.29) is 29.9 Å². The van der Waals surface area contributed by atoms with Crippen LogP contribution < -0.4 is 0 Å². The summed E-state index contributed by atoms with van der Waals surface area (Å²) in [6, 6.07) is 0. The molecule has 0 spiro atoms. The van der Waals surface area contributed by atoms with E-state index in [0.29, 0.717) is 12.5 Å². The standard InChI is InChI=1S/C24H34O5/c1-15(2)14-28-21-11-9-19-16(3)12-22(26)29-24(19)23(21)20(25)10-8-17-6-5-7-18(13-17)27-4/h8,10,12,17-19,21,23-24H,1,5-7,9,11,13-14H2,2-4H3/b10-8+. The van der Waals surface area contributed by atoms with Crippen LogP contribution in [0.2, 0.25) is 0 Å². The molecule has 0 amide bonds. The first-order valence-electron chi connectivity index (χ1n) is 10.8. The SMILES string of the molecule is C=C(C)COC1CCC2C(C)=CC(=O)OC2C1C(=O)/C=C/C1CCCC(OC)C1. The zero-order valence-electron chi connectivity index (χ0n) is 17.9. The molecular weight excluding hydrogens is 368 g/mol. The molecular formula is C24H34O5. The second-order valence-electron chi connectivity index (χ2n) is 8.85. The summed E-state index contributed by atoms with van der Waals surface area (Å²) in [4.78, 5) is 25.3. The molecule has 3 rings (SSSR count). The number of hydrogen-bond donors (Lipinski definition) is 0. The highest BCUT2D eigenvalue weighted by Crippen LogP contribution is 2.40. The van der Waals surface area contributed by atoms with Crippen LogP contribution in [0.5, 0.6) is 0 Å². The Labute approximate surface area is 174 Å². The molecule has 0 aromatic rings. The van der Waals surface area contributed by atoms with E-state index in [1.807, 2.05) is 19.9 Å². The van der Waals surface area contributed by atoms with Crippen molar-refractivity contribution in [2.24, 2.45) is 17.8 Å². The van der Waals surface area contributed by atoms with Crippen LogP contribution in [0.15, 0.2) is 36.0 Å². The molecule has 29 heavy (non-hydrogen) atoms. The van der Waals surface area contributed by atoms with Gasteiger partial charge in [0.25, 0.3) is 0 Å². The van der Waals surface area contributed by atoms with Crippen molar-refractivity contribution in [3.8, 4) is 0 Å². The van der Waals surface area contributed by atoms with Crippen LogP contribution in [0.4, 0.5) is 0 Å². The van der Waals surface area contributed by atoms with Gasteiger partial charge in [0.1, 0.15) is 6.10 Å². The number of allylic oxidation sites excluding steroid dienone is 2. The van der Waals surface area contributed by atoms with Gasteiger partial charge in [0, 0.05) is 19.1 Å². The Bertz CT molecular complexity index is 691. The van der Waals surface area contributed by atoms with Crippen molar-refractivity contribution >= 4 is 11.8 Å². The number of rotatable bonds is 7. The Balaban J connectivity index is 1.76. The van der Waals surface area contributed by atoms with Crippen molar-refractivity contribution in [1.82, 2.24) is 0 Å². The van der Waals surface area contributed by atoms with Gasteiger partial charge in [-0.15, -0.1) is 0 Å². The number of esters is 1. The smallest absolute Gasteiger partial charge is 0.331 e. The van der Waals surface area contributed by atoms with E-state index in [1.165, 1.54) is 0 Å². The van der Waals surface area contributed by atoms with Gasteiger partial charge in [0.15, 0.2) is 5.78 Å². The molecule has 6 atom stereocenters. The van der Waals surface area contributed by atoms with Crippen LogP contribution in [0.25, 0.3) is 0 Å². The number of ether oxygens (including phenoxy) is 3. The molecule has 0 N–H and O–H groups in total. The van der Waals surface area contributed by atoms with Gasteiger partial charge in [0.05, 0.1) is 24.7 Å². The summed E-state index contributed by atoms with van der Waals surface area (Å²) in [7, 11) is 1.75. The molecule has 2 aliphatic carbocycles. The van der Waals surface area contributed by atoms with E-state index in [2.05, 4.69) is 6.58 Å². The largest absolute Gasteiger partial charge is 0.458 e. The molecule has 0 saturated heterocycles. The monoisotopic (exact) mass is 402 g/mol. The van der Waals surface area contributed by atoms with Crippen LogP contribution in [0.1, 0.15) is 52.4 Å². The number of carbonyl (C=O) groups is 2. The first-order chi connectivity index (χ1) is 13.9. The quantitative estimate of drug-likeness (QED) is 0.363. The molecule has 5 heteroatoms. The second-order valence-corrected chi connectivity index (χ2v) is 8.85. The maximum Gasteiger partial charge on any atom is 0.331 e. The van der Waals surface area contributed by atoms with Crippen molar-refractivity contribution in [2.75, 3.05) is 13.7 Å². The third kappa shape index (κ3) is 5.46. The summed E-state index contributed by atoms with van der Waals surface area (Å²) in [6.45, 7) is 8.17. The molecule has 1 heterocycles. The van der Waals surface area contributed by atoms with E-state index in [9.17, 15) is 9.59 Å². The van der Waals surface area contributed by atoms with Crippen LogP contribution >= 0.6 is 0 Å². The van der Waals surface area contributed by atoms with Crippen LogP contribution in [0.3, 0.4) is 0 Å². The van der Waals surface area contributed by atoms with Crippen LogP contribution in [0, 0.1) is 17.8 Å². The predicted octanol–water partition coefficient (Wildman–Crippen LogP) is 4.18. The Kier molecular flexibility index (Phi) is 7.47. The number of hydrogen-bond acceptors (Lipinski definition) is 5. The average Bonchev–Trinajstić information content (AvgIpc) is 2.69. The van der Waals surface area contributed by atoms with Gasteiger partial charge < -0.3 is 14.2 Å². The Morgan fingerprint density at radius 2 is 2.10 bits per heavy atom. The van der Waals surface area contributed by atoms with Gasteiger partial charge in [0.2, 0.25) is 0 Å². The fourth-order valence-corrected chi connectivity index (χ4v) is 4.95. The van der Waals surface area contributed by atoms with Gasteiger partial charge >= 0.3 is 5.97 Å². The summed E-state index contributed by atoms with van der Waals surface area (Å²) in [6.07, 6.45) is 10.7. The molecule has 0 aromatic heterocycles. The Morgan fingerprint density at radius 3 is 2.83 bits per heavy atom. The summed E-state index contributed by atoms with van der Waals surface area (Å²) in [5.41, 5.74) is 1.92. The molecule has 2 fully saturated rings. The van der Waals surface area contributed by atoms with Gasteiger partial charge in [-0.1, -0.05) is 30.2 Å². The molecule has 1 aliphatic heterocycles. The maximum atomic E-state index is 13.3. The molecule has 0 radical (unpaired) electrons. The first-order valence-corrected chi connectivity index (χ1v) is 10.8. The topological polar surface area (TPSA) is 61.8 Å². The highest BCUT2D eigenvalue weighted by Gasteiger charge is 2.47. The number of fused-ring (bicyclic) bond motifs is 1. The Morgan fingerprint density at radius 1 is 1.31 bits per heavy atom. The average molecular weight is 403 g/mol. The summed E-state index contributed by atoms with van der Waals surface area (Å²) >= 11 is 0. The summed E-state index contributed by atoms with van der Waals surface area (Å²) < 4.78 is 17.2. The fourth-order valence-electron chi connectivity index (χ4n) is 4.95. The molecule has 0 aromatic carbocycles. The zero-order valence-corrected chi connectivity index (χ0v) is 17.9. The lowest BCUT2D eigenvalue weighted by molar-refractivity contribution is -0.164. The number of methoxy groups -OCH3 is 1. The fraction of sp³-hybridized carbons (Fsp3) is 0.667. The van der Waals surface area contributed by atoms with Gasteiger partial charge in [-0.3, -0.25) is 4.79 Å².